The van der Waals surface area contributed by atoms with Crippen LogP contribution in [0, 0.1) is 5.92 Å². The predicted octanol–water partition coefficient (Wildman–Crippen LogP) is 3.33. The minimum atomic E-state index is 0.209. The van der Waals surface area contributed by atoms with Crippen molar-refractivity contribution in [2.75, 3.05) is 18.5 Å². The summed E-state index contributed by atoms with van der Waals surface area (Å²) in [6.45, 7) is 7.72. The summed E-state index contributed by atoms with van der Waals surface area (Å²) in [5.41, 5.74) is 1.77. The molecule has 1 unspecified atom stereocenters. The Morgan fingerprint density at radius 3 is 2.83 bits per heavy atom. The van der Waals surface area contributed by atoms with Crippen molar-refractivity contribution in [2.24, 2.45) is 5.92 Å². The van der Waals surface area contributed by atoms with E-state index in [2.05, 4.69) is 34.5 Å². The van der Waals surface area contributed by atoms with E-state index in [4.69, 9.17) is 4.74 Å². The van der Waals surface area contributed by atoms with Crippen LogP contribution in [0.1, 0.15) is 20.8 Å². The summed E-state index contributed by atoms with van der Waals surface area (Å²) >= 11 is 1.63. The molecule has 3 aromatic rings. The fourth-order valence-electron chi connectivity index (χ4n) is 2.27. The number of hydrogen-bond acceptors (Lipinski definition) is 6. The second kappa shape index (κ2) is 7.06. The third-order valence-electron chi connectivity index (χ3n) is 3.68. The Balaban J connectivity index is 1.88. The summed E-state index contributed by atoms with van der Waals surface area (Å²) in [5.74, 6) is 2.00. The molecule has 0 aliphatic heterocycles. The largest absolute Gasteiger partial charge is 0.380 e. The molecule has 0 fully saturated rings. The fourth-order valence-corrected chi connectivity index (χ4v) is 2.91. The Morgan fingerprint density at radius 2 is 2.13 bits per heavy atom. The van der Waals surface area contributed by atoms with E-state index < -0.39 is 0 Å². The van der Waals surface area contributed by atoms with Crippen molar-refractivity contribution >= 4 is 22.8 Å². The first-order valence-corrected chi connectivity index (χ1v) is 8.72. The van der Waals surface area contributed by atoms with E-state index in [0.29, 0.717) is 19.1 Å². The standard InChI is InChI=1S/C16H21N5OS/c1-4-22-9-13(11(2)3)17-14-5-6-15-18-19-16(21(15)20-14)12-7-8-23-10-12/h5-8,10-11,13H,4,9H2,1-3H3,(H,17,20). The van der Waals surface area contributed by atoms with Gasteiger partial charge in [0.2, 0.25) is 0 Å². The monoisotopic (exact) mass is 331 g/mol. The zero-order valence-electron chi connectivity index (χ0n) is 13.6. The molecule has 122 valence electrons. The summed E-state index contributed by atoms with van der Waals surface area (Å²) < 4.78 is 7.34. The molecule has 6 nitrogen and oxygen atoms in total. The average Bonchev–Trinajstić information content (AvgIpc) is 3.19. The van der Waals surface area contributed by atoms with Crippen LogP contribution in [0.5, 0.6) is 0 Å². The van der Waals surface area contributed by atoms with Gasteiger partial charge in [-0.25, -0.2) is 0 Å². The molecule has 3 rings (SSSR count). The minimum absolute atomic E-state index is 0.209. The Bertz CT molecular complexity index is 753. The molecule has 0 aromatic carbocycles. The summed E-state index contributed by atoms with van der Waals surface area (Å²) in [6, 6.07) is 6.09. The smallest absolute Gasteiger partial charge is 0.186 e. The highest BCUT2D eigenvalue weighted by atomic mass is 32.1. The molecule has 0 saturated carbocycles. The van der Waals surface area contributed by atoms with Gasteiger partial charge in [0, 0.05) is 17.6 Å². The molecular formula is C16H21N5OS. The lowest BCUT2D eigenvalue weighted by molar-refractivity contribution is 0.126. The molecule has 1 atom stereocenters. The third-order valence-corrected chi connectivity index (χ3v) is 4.36. The van der Waals surface area contributed by atoms with Gasteiger partial charge >= 0.3 is 0 Å². The van der Waals surface area contributed by atoms with Crippen LogP contribution in [0.3, 0.4) is 0 Å². The maximum Gasteiger partial charge on any atom is 0.186 e. The summed E-state index contributed by atoms with van der Waals surface area (Å²) in [7, 11) is 0. The first kappa shape index (κ1) is 15.9. The molecule has 0 bridgehead atoms. The van der Waals surface area contributed by atoms with Gasteiger partial charge in [-0.2, -0.15) is 15.9 Å². The molecule has 23 heavy (non-hydrogen) atoms. The van der Waals surface area contributed by atoms with Gasteiger partial charge in [0.15, 0.2) is 11.5 Å². The van der Waals surface area contributed by atoms with Crippen molar-refractivity contribution in [3.8, 4) is 11.4 Å². The van der Waals surface area contributed by atoms with Gasteiger partial charge in [0.1, 0.15) is 5.82 Å². The van der Waals surface area contributed by atoms with Crippen LogP contribution >= 0.6 is 11.3 Å². The van der Waals surface area contributed by atoms with Crippen LogP contribution in [0.25, 0.3) is 17.0 Å². The first-order chi connectivity index (χ1) is 11.2. The molecule has 1 N–H and O–H groups in total. The number of anilines is 1. The molecule has 3 aromatic heterocycles. The number of fused-ring (bicyclic) bond motifs is 1. The lowest BCUT2D eigenvalue weighted by Gasteiger charge is -2.22. The number of aromatic nitrogens is 4. The van der Waals surface area contributed by atoms with Crippen LogP contribution in [0.15, 0.2) is 29.0 Å². The van der Waals surface area contributed by atoms with Gasteiger partial charge in [-0.05, 0) is 36.4 Å². The van der Waals surface area contributed by atoms with E-state index in [9.17, 15) is 0 Å². The van der Waals surface area contributed by atoms with Gasteiger partial charge in [-0.1, -0.05) is 13.8 Å². The zero-order valence-corrected chi connectivity index (χ0v) is 14.4. The Kier molecular flexibility index (Phi) is 4.88. The highest BCUT2D eigenvalue weighted by molar-refractivity contribution is 7.08. The van der Waals surface area contributed by atoms with Crippen molar-refractivity contribution in [1.82, 2.24) is 19.8 Å². The Labute approximate surface area is 139 Å². The van der Waals surface area contributed by atoms with Crippen molar-refractivity contribution in [2.45, 2.75) is 26.8 Å². The molecule has 3 heterocycles. The van der Waals surface area contributed by atoms with Crippen LogP contribution in [-0.2, 0) is 4.74 Å². The molecule has 7 heteroatoms. The van der Waals surface area contributed by atoms with E-state index in [0.717, 1.165) is 22.9 Å². The van der Waals surface area contributed by atoms with Crippen LogP contribution < -0.4 is 5.32 Å². The van der Waals surface area contributed by atoms with Crippen LogP contribution in [0.4, 0.5) is 5.82 Å². The maximum atomic E-state index is 5.56. The number of nitrogens with one attached hydrogen (secondary N) is 1. The molecule has 0 spiro atoms. The summed E-state index contributed by atoms with van der Waals surface area (Å²) in [6.07, 6.45) is 0. The lowest BCUT2D eigenvalue weighted by Crippen LogP contribution is -2.31. The zero-order chi connectivity index (χ0) is 16.2. The fraction of sp³-hybridized carbons (Fsp3) is 0.438. The van der Waals surface area contributed by atoms with E-state index in [1.165, 1.54) is 0 Å². The summed E-state index contributed by atoms with van der Waals surface area (Å²) in [4.78, 5) is 0. The molecular weight excluding hydrogens is 310 g/mol. The highest BCUT2D eigenvalue weighted by Crippen LogP contribution is 2.21. The number of thiophene rings is 1. The molecule has 0 aliphatic carbocycles. The molecule has 0 radical (unpaired) electrons. The number of nitrogens with zero attached hydrogens (tertiary/aromatic N) is 4. The summed E-state index contributed by atoms with van der Waals surface area (Å²) in [5, 5.41) is 20.6. The SMILES string of the molecule is CCOCC(Nc1ccc2nnc(-c3ccsc3)n2n1)C(C)C. The van der Waals surface area contributed by atoms with Crippen molar-refractivity contribution in [3.05, 3.63) is 29.0 Å². The number of hydrogen-bond donors (Lipinski definition) is 1. The first-order valence-electron chi connectivity index (χ1n) is 7.78. The second-order valence-electron chi connectivity index (χ2n) is 5.68. The lowest BCUT2D eigenvalue weighted by atomic mass is 10.1. The van der Waals surface area contributed by atoms with Crippen LogP contribution in [-0.4, -0.2) is 39.1 Å². The van der Waals surface area contributed by atoms with E-state index in [1.807, 2.05) is 35.9 Å². The number of rotatable bonds is 7. The van der Waals surface area contributed by atoms with Crippen LogP contribution in [0.2, 0.25) is 0 Å². The maximum absolute atomic E-state index is 5.56. The van der Waals surface area contributed by atoms with Gasteiger partial charge in [0.05, 0.1) is 12.6 Å². The topological polar surface area (TPSA) is 64.3 Å². The second-order valence-corrected chi connectivity index (χ2v) is 6.46. The van der Waals surface area contributed by atoms with Crippen molar-refractivity contribution < 1.29 is 4.74 Å². The minimum Gasteiger partial charge on any atom is -0.380 e. The third kappa shape index (κ3) is 3.51. The molecule has 0 saturated heterocycles. The van der Waals surface area contributed by atoms with Gasteiger partial charge in [-0.15, -0.1) is 15.3 Å². The van der Waals surface area contributed by atoms with Gasteiger partial charge in [0.25, 0.3) is 0 Å². The van der Waals surface area contributed by atoms with Gasteiger partial charge in [-0.3, -0.25) is 0 Å². The van der Waals surface area contributed by atoms with E-state index in [1.54, 1.807) is 15.9 Å². The Morgan fingerprint density at radius 1 is 1.26 bits per heavy atom. The molecule has 0 aliphatic rings. The average molecular weight is 331 g/mol. The van der Waals surface area contributed by atoms with Crippen molar-refractivity contribution in [3.63, 3.8) is 0 Å². The predicted molar refractivity (Wildman–Crippen MR) is 92.8 cm³/mol. The number of ether oxygens (including phenoxy) is 1. The highest BCUT2D eigenvalue weighted by Gasteiger charge is 2.15. The quantitative estimate of drug-likeness (QED) is 0.719. The van der Waals surface area contributed by atoms with Crippen molar-refractivity contribution in [1.29, 1.82) is 0 Å². The van der Waals surface area contributed by atoms with E-state index >= 15 is 0 Å². The van der Waals surface area contributed by atoms with E-state index in [-0.39, 0.29) is 6.04 Å². The van der Waals surface area contributed by atoms with Gasteiger partial charge < -0.3 is 10.1 Å². The molecule has 0 amide bonds. The normalized spacial score (nSPS) is 12.9. The Hall–Kier alpha value is -1.99.